The first-order chi connectivity index (χ1) is 15.8. The normalized spacial score (nSPS) is 49.7. The highest BCUT2D eigenvalue weighted by Crippen LogP contribution is 2.76. The standard InChI is InChI=1S/C31H49NO2/c1-19(2)25-21(34)17-28(5)15-16-30(7)20(26(25)28)9-10-23-29(6)13-12-24(32-18-33)27(3,4)22(29)11-14-31(23,30)8/h18-20,22-24H,9-17H2,1-8H3,(H,32,33)/t20-,22+,23-,24?,28+,29+,30-,31-/m1/s1. The van der Waals surface area contributed by atoms with Crippen LogP contribution in [0.2, 0.25) is 0 Å². The molecule has 0 heterocycles. The molecular weight excluding hydrogens is 418 g/mol. The third-order valence-electron chi connectivity index (χ3n) is 13.1. The molecule has 0 aromatic rings. The first kappa shape index (κ1) is 24.6. The van der Waals surface area contributed by atoms with Crippen molar-refractivity contribution in [3.05, 3.63) is 11.1 Å². The number of amides is 1. The lowest BCUT2D eigenvalue weighted by atomic mass is 9.33. The second-order valence-corrected chi connectivity index (χ2v) is 15.0. The molecule has 1 amide bonds. The molecule has 5 rings (SSSR count). The van der Waals surface area contributed by atoms with Crippen molar-refractivity contribution in [1.29, 1.82) is 0 Å². The summed E-state index contributed by atoms with van der Waals surface area (Å²) in [7, 11) is 0. The fourth-order valence-electron chi connectivity index (χ4n) is 11.3. The van der Waals surface area contributed by atoms with Gasteiger partial charge in [-0.25, -0.2) is 0 Å². The molecule has 0 aliphatic heterocycles. The number of carbonyl (C=O) groups is 2. The Bertz CT molecular complexity index is 932. The molecule has 0 saturated heterocycles. The van der Waals surface area contributed by atoms with Crippen LogP contribution in [-0.2, 0) is 9.59 Å². The summed E-state index contributed by atoms with van der Waals surface area (Å²) in [6, 6.07) is 0.290. The molecule has 0 aromatic heterocycles. The first-order valence-electron chi connectivity index (χ1n) is 14.2. The van der Waals surface area contributed by atoms with E-state index in [-0.39, 0.29) is 22.3 Å². The van der Waals surface area contributed by atoms with E-state index in [1.165, 1.54) is 50.5 Å². The van der Waals surface area contributed by atoms with Gasteiger partial charge in [-0.3, -0.25) is 9.59 Å². The van der Waals surface area contributed by atoms with E-state index in [4.69, 9.17) is 0 Å². The third kappa shape index (κ3) is 2.88. The number of fused-ring (bicyclic) bond motifs is 7. The van der Waals surface area contributed by atoms with Crippen molar-refractivity contribution in [3.8, 4) is 0 Å². The van der Waals surface area contributed by atoms with E-state index >= 15 is 0 Å². The Morgan fingerprint density at radius 3 is 2.21 bits per heavy atom. The van der Waals surface area contributed by atoms with Gasteiger partial charge in [0.1, 0.15) is 0 Å². The number of hydrogen-bond donors (Lipinski definition) is 1. The summed E-state index contributed by atoms with van der Waals surface area (Å²) in [5.41, 5.74) is 3.94. The summed E-state index contributed by atoms with van der Waals surface area (Å²) in [4.78, 5) is 24.6. The maximum Gasteiger partial charge on any atom is 0.207 e. The highest BCUT2D eigenvalue weighted by atomic mass is 16.1. The van der Waals surface area contributed by atoms with Gasteiger partial charge in [0, 0.05) is 12.5 Å². The van der Waals surface area contributed by atoms with E-state index < -0.39 is 0 Å². The average molecular weight is 468 g/mol. The minimum absolute atomic E-state index is 0.103. The molecule has 5 aliphatic rings. The van der Waals surface area contributed by atoms with Gasteiger partial charge in [-0.05, 0) is 108 Å². The molecule has 0 radical (unpaired) electrons. The second kappa shape index (κ2) is 7.45. The summed E-state index contributed by atoms with van der Waals surface area (Å²) >= 11 is 0. The van der Waals surface area contributed by atoms with Crippen molar-refractivity contribution in [1.82, 2.24) is 5.32 Å². The fourth-order valence-corrected chi connectivity index (χ4v) is 11.3. The monoisotopic (exact) mass is 467 g/mol. The van der Waals surface area contributed by atoms with Gasteiger partial charge in [-0.15, -0.1) is 0 Å². The van der Waals surface area contributed by atoms with Crippen molar-refractivity contribution in [2.45, 2.75) is 119 Å². The lowest BCUT2D eigenvalue weighted by Crippen LogP contribution is -2.66. The van der Waals surface area contributed by atoms with Crippen LogP contribution in [-0.4, -0.2) is 18.2 Å². The lowest BCUT2D eigenvalue weighted by Gasteiger charge is -2.72. The molecule has 4 fully saturated rings. The molecular formula is C31H49NO2. The van der Waals surface area contributed by atoms with Crippen molar-refractivity contribution in [2.24, 2.45) is 50.7 Å². The maximum absolute atomic E-state index is 13.2. The Morgan fingerprint density at radius 1 is 0.853 bits per heavy atom. The Morgan fingerprint density at radius 2 is 1.56 bits per heavy atom. The van der Waals surface area contributed by atoms with Gasteiger partial charge >= 0.3 is 0 Å². The lowest BCUT2D eigenvalue weighted by molar-refractivity contribution is -0.215. The molecule has 1 unspecified atom stereocenters. The number of hydrogen-bond acceptors (Lipinski definition) is 2. The molecule has 34 heavy (non-hydrogen) atoms. The molecule has 4 saturated carbocycles. The maximum atomic E-state index is 13.2. The molecule has 1 N–H and O–H groups in total. The van der Waals surface area contributed by atoms with E-state index in [0.29, 0.717) is 34.4 Å². The summed E-state index contributed by atoms with van der Waals surface area (Å²) in [5.74, 6) is 2.73. The summed E-state index contributed by atoms with van der Waals surface area (Å²) in [6.07, 6.45) is 11.6. The first-order valence-corrected chi connectivity index (χ1v) is 14.2. The van der Waals surface area contributed by atoms with Crippen LogP contribution in [0.4, 0.5) is 0 Å². The van der Waals surface area contributed by atoms with Gasteiger partial charge in [-0.2, -0.15) is 0 Å². The summed E-state index contributed by atoms with van der Waals surface area (Å²) < 4.78 is 0. The smallest absolute Gasteiger partial charge is 0.207 e. The number of nitrogens with one attached hydrogen (secondary N) is 1. The number of rotatable bonds is 3. The van der Waals surface area contributed by atoms with Crippen LogP contribution >= 0.6 is 0 Å². The van der Waals surface area contributed by atoms with Crippen molar-refractivity contribution >= 4 is 12.2 Å². The molecule has 3 nitrogen and oxygen atoms in total. The van der Waals surface area contributed by atoms with Crippen LogP contribution in [0, 0.1) is 50.7 Å². The van der Waals surface area contributed by atoms with Crippen LogP contribution in [0.15, 0.2) is 11.1 Å². The zero-order chi connectivity index (χ0) is 24.9. The Balaban J connectivity index is 1.56. The van der Waals surface area contributed by atoms with Gasteiger partial charge in [0.2, 0.25) is 6.41 Å². The van der Waals surface area contributed by atoms with Crippen molar-refractivity contribution in [3.63, 3.8) is 0 Å². The van der Waals surface area contributed by atoms with Gasteiger partial charge < -0.3 is 5.32 Å². The van der Waals surface area contributed by atoms with Crippen molar-refractivity contribution < 1.29 is 9.59 Å². The molecule has 0 bridgehead atoms. The molecule has 0 spiro atoms. The third-order valence-corrected chi connectivity index (χ3v) is 13.1. The van der Waals surface area contributed by atoms with Crippen LogP contribution < -0.4 is 5.32 Å². The van der Waals surface area contributed by atoms with Crippen LogP contribution in [0.25, 0.3) is 0 Å². The van der Waals surface area contributed by atoms with Gasteiger partial charge in [0.15, 0.2) is 5.78 Å². The molecule has 5 aliphatic carbocycles. The minimum atomic E-state index is 0.103. The Kier molecular flexibility index (Phi) is 5.38. The Labute approximate surface area is 208 Å². The SMILES string of the molecule is CC(C)C1=C2[C@H]3CC[C@@H]4[C@@]5(C)CCC(NC=O)C(C)(C)[C@@H]5CC[C@@]4(C)[C@]3(C)CC[C@@]2(C)CC1=O. The highest BCUT2D eigenvalue weighted by molar-refractivity contribution is 6.00. The predicted octanol–water partition coefficient (Wildman–Crippen LogP) is 7.10. The second-order valence-electron chi connectivity index (χ2n) is 15.0. The van der Waals surface area contributed by atoms with Gasteiger partial charge in [0.25, 0.3) is 0 Å². The molecule has 8 atom stereocenters. The minimum Gasteiger partial charge on any atom is -0.355 e. The number of ketones is 1. The molecule has 3 heteroatoms. The topological polar surface area (TPSA) is 46.2 Å². The number of allylic oxidation sites excluding steroid dienone is 2. The van der Waals surface area contributed by atoms with Crippen LogP contribution in [0.3, 0.4) is 0 Å². The fraction of sp³-hybridized carbons (Fsp3) is 0.871. The van der Waals surface area contributed by atoms with Crippen LogP contribution in [0.1, 0.15) is 113 Å². The average Bonchev–Trinajstić information content (AvgIpc) is 3.01. The van der Waals surface area contributed by atoms with Crippen molar-refractivity contribution in [2.75, 3.05) is 0 Å². The zero-order valence-corrected chi connectivity index (χ0v) is 23.1. The quantitative estimate of drug-likeness (QED) is 0.450. The predicted molar refractivity (Wildman–Crippen MR) is 138 cm³/mol. The van der Waals surface area contributed by atoms with Gasteiger partial charge in [0.05, 0.1) is 0 Å². The van der Waals surface area contributed by atoms with E-state index in [1.807, 2.05) is 0 Å². The largest absolute Gasteiger partial charge is 0.355 e. The van der Waals surface area contributed by atoms with E-state index in [0.717, 1.165) is 25.2 Å². The highest BCUT2D eigenvalue weighted by Gasteiger charge is 2.69. The number of Topliss-reactive ketones (excluding diaryl/α,β-unsaturated/α-hetero) is 1. The number of carbonyl (C=O) groups excluding carboxylic acids is 2. The molecule has 0 aromatic carbocycles. The van der Waals surface area contributed by atoms with Gasteiger partial charge in [-0.1, -0.05) is 61.0 Å². The van der Waals surface area contributed by atoms with E-state index in [9.17, 15) is 9.59 Å². The Hall–Kier alpha value is -1.12. The zero-order valence-electron chi connectivity index (χ0n) is 23.1. The van der Waals surface area contributed by atoms with E-state index in [1.54, 1.807) is 5.57 Å². The van der Waals surface area contributed by atoms with E-state index in [2.05, 4.69) is 60.7 Å². The summed E-state index contributed by atoms with van der Waals surface area (Å²) in [5, 5.41) is 3.19. The molecule has 190 valence electrons. The summed E-state index contributed by atoms with van der Waals surface area (Å²) in [6.45, 7) is 19.6. The van der Waals surface area contributed by atoms with Crippen LogP contribution in [0.5, 0.6) is 0 Å².